The third-order valence-electron chi connectivity index (χ3n) is 3.69. The van der Waals surface area contributed by atoms with E-state index in [-0.39, 0.29) is 5.82 Å². The summed E-state index contributed by atoms with van der Waals surface area (Å²) in [4.78, 5) is 4.13. The largest absolute Gasteiger partial charge is 0.317 e. The Morgan fingerprint density at radius 1 is 1.30 bits per heavy atom. The molecule has 106 valence electrons. The van der Waals surface area contributed by atoms with Gasteiger partial charge in [0.05, 0.1) is 0 Å². The molecule has 0 radical (unpaired) electrons. The van der Waals surface area contributed by atoms with Crippen LogP contribution in [0.2, 0.25) is 0 Å². The number of likely N-dealkylation sites (N-methyl/N-ethyl adjacent to an activating group) is 1. The zero-order valence-corrected chi connectivity index (χ0v) is 12.1. The van der Waals surface area contributed by atoms with Crippen molar-refractivity contribution in [3.05, 3.63) is 65.2 Å². The zero-order valence-electron chi connectivity index (χ0n) is 12.1. The highest BCUT2D eigenvalue weighted by Crippen LogP contribution is 2.15. The molecule has 1 atom stereocenters. The molecule has 0 bridgehead atoms. The second kappa shape index (κ2) is 7.15. The van der Waals surface area contributed by atoms with Crippen molar-refractivity contribution >= 4 is 0 Å². The lowest BCUT2D eigenvalue weighted by Gasteiger charge is -2.17. The molecule has 0 amide bonds. The highest BCUT2D eigenvalue weighted by atomic mass is 19.1. The fraction of sp³-hybridized carbons (Fsp3) is 0.353. The van der Waals surface area contributed by atoms with Crippen LogP contribution in [-0.4, -0.2) is 18.1 Å². The molecule has 1 aromatic carbocycles. The molecule has 0 saturated carbocycles. The third kappa shape index (κ3) is 4.14. The maximum atomic E-state index is 13.3. The van der Waals surface area contributed by atoms with E-state index in [0.717, 1.165) is 30.4 Å². The molecule has 0 fully saturated rings. The molecule has 2 aromatic rings. The average Bonchev–Trinajstić information content (AvgIpc) is 2.48. The standard InChI is InChI=1S/C17H21FN2/c1-13-5-7-16(18)10-15(13)11-17(19-2)8-6-14-4-3-9-20-12-14/h3-5,7,9-10,12,17,19H,6,8,11H2,1-2H3. The summed E-state index contributed by atoms with van der Waals surface area (Å²) in [5, 5.41) is 3.32. The Morgan fingerprint density at radius 2 is 2.15 bits per heavy atom. The molecule has 1 aromatic heterocycles. The van der Waals surface area contributed by atoms with E-state index in [4.69, 9.17) is 0 Å². The van der Waals surface area contributed by atoms with E-state index in [0.29, 0.717) is 6.04 Å². The Bertz CT molecular complexity index is 540. The van der Waals surface area contributed by atoms with Crippen LogP contribution in [0.1, 0.15) is 23.1 Å². The Balaban J connectivity index is 1.97. The Morgan fingerprint density at radius 3 is 2.85 bits per heavy atom. The predicted molar refractivity (Wildman–Crippen MR) is 80.2 cm³/mol. The van der Waals surface area contributed by atoms with Crippen LogP contribution in [0.15, 0.2) is 42.7 Å². The van der Waals surface area contributed by atoms with Crippen LogP contribution in [0, 0.1) is 12.7 Å². The van der Waals surface area contributed by atoms with Gasteiger partial charge in [-0.3, -0.25) is 4.98 Å². The van der Waals surface area contributed by atoms with Crippen molar-refractivity contribution in [2.24, 2.45) is 0 Å². The van der Waals surface area contributed by atoms with Crippen molar-refractivity contribution in [1.29, 1.82) is 0 Å². The van der Waals surface area contributed by atoms with Gasteiger partial charge in [0, 0.05) is 18.4 Å². The topological polar surface area (TPSA) is 24.9 Å². The van der Waals surface area contributed by atoms with Crippen LogP contribution in [0.5, 0.6) is 0 Å². The van der Waals surface area contributed by atoms with Crippen molar-refractivity contribution in [2.45, 2.75) is 32.2 Å². The summed E-state index contributed by atoms with van der Waals surface area (Å²) in [6, 6.07) is 9.40. The second-order valence-electron chi connectivity index (χ2n) is 5.16. The molecule has 0 spiro atoms. The van der Waals surface area contributed by atoms with E-state index in [9.17, 15) is 4.39 Å². The van der Waals surface area contributed by atoms with Gasteiger partial charge < -0.3 is 5.32 Å². The van der Waals surface area contributed by atoms with Gasteiger partial charge in [0.25, 0.3) is 0 Å². The average molecular weight is 272 g/mol. The number of nitrogens with one attached hydrogen (secondary N) is 1. The van der Waals surface area contributed by atoms with E-state index in [1.165, 1.54) is 11.6 Å². The van der Waals surface area contributed by atoms with Gasteiger partial charge in [0.15, 0.2) is 0 Å². The van der Waals surface area contributed by atoms with Crippen molar-refractivity contribution < 1.29 is 4.39 Å². The summed E-state index contributed by atoms with van der Waals surface area (Å²) in [6.07, 6.45) is 6.53. The molecule has 0 aliphatic rings. The first-order valence-corrected chi connectivity index (χ1v) is 7.00. The zero-order chi connectivity index (χ0) is 14.4. The summed E-state index contributed by atoms with van der Waals surface area (Å²) in [5.74, 6) is -0.160. The van der Waals surface area contributed by atoms with E-state index < -0.39 is 0 Å². The molecule has 1 unspecified atom stereocenters. The van der Waals surface area contributed by atoms with Crippen LogP contribution < -0.4 is 5.32 Å². The minimum Gasteiger partial charge on any atom is -0.317 e. The third-order valence-corrected chi connectivity index (χ3v) is 3.69. The van der Waals surface area contributed by atoms with Crippen molar-refractivity contribution in [3.8, 4) is 0 Å². The van der Waals surface area contributed by atoms with Crippen molar-refractivity contribution in [2.75, 3.05) is 7.05 Å². The van der Waals surface area contributed by atoms with Gasteiger partial charge >= 0.3 is 0 Å². The molecule has 0 saturated heterocycles. The van der Waals surface area contributed by atoms with E-state index in [2.05, 4.69) is 16.4 Å². The fourth-order valence-electron chi connectivity index (χ4n) is 2.36. The smallest absolute Gasteiger partial charge is 0.123 e. The van der Waals surface area contributed by atoms with Gasteiger partial charge in [0.2, 0.25) is 0 Å². The first-order valence-electron chi connectivity index (χ1n) is 7.00. The summed E-state index contributed by atoms with van der Waals surface area (Å²) in [7, 11) is 1.96. The fourth-order valence-corrected chi connectivity index (χ4v) is 2.36. The normalized spacial score (nSPS) is 12.3. The van der Waals surface area contributed by atoms with Gasteiger partial charge in [-0.05, 0) is 68.1 Å². The highest BCUT2D eigenvalue weighted by Gasteiger charge is 2.10. The van der Waals surface area contributed by atoms with Gasteiger partial charge in [0.1, 0.15) is 5.82 Å². The molecule has 1 N–H and O–H groups in total. The minimum atomic E-state index is -0.160. The van der Waals surface area contributed by atoms with Crippen LogP contribution in [0.4, 0.5) is 4.39 Å². The summed E-state index contributed by atoms with van der Waals surface area (Å²) < 4.78 is 13.3. The summed E-state index contributed by atoms with van der Waals surface area (Å²) in [6.45, 7) is 2.03. The van der Waals surface area contributed by atoms with Crippen LogP contribution >= 0.6 is 0 Å². The van der Waals surface area contributed by atoms with Gasteiger partial charge in [-0.25, -0.2) is 4.39 Å². The van der Waals surface area contributed by atoms with E-state index in [1.54, 1.807) is 12.3 Å². The summed E-state index contributed by atoms with van der Waals surface area (Å²) in [5.41, 5.74) is 3.47. The molecule has 3 heteroatoms. The van der Waals surface area contributed by atoms with Gasteiger partial charge in [-0.15, -0.1) is 0 Å². The Kier molecular flexibility index (Phi) is 5.24. The molecule has 0 aliphatic carbocycles. The Labute approximate surface area is 120 Å². The number of rotatable bonds is 6. The maximum absolute atomic E-state index is 13.3. The van der Waals surface area contributed by atoms with Crippen molar-refractivity contribution in [1.82, 2.24) is 10.3 Å². The van der Waals surface area contributed by atoms with Crippen LogP contribution in [0.3, 0.4) is 0 Å². The lowest BCUT2D eigenvalue weighted by Crippen LogP contribution is -2.28. The quantitative estimate of drug-likeness (QED) is 0.873. The first kappa shape index (κ1) is 14.7. The number of aryl methyl sites for hydroxylation is 2. The van der Waals surface area contributed by atoms with E-state index in [1.807, 2.05) is 32.3 Å². The lowest BCUT2D eigenvalue weighted by atomic mass is 9.97. The number of aromatic nitrogens is 1. The minimum absolute atomic E-state index is 0.160. The molecular weight excluding hydrogens is 251 g/mol. The maximum Gasteiger partial charge on any atom is 0.123 e. The lowest BCUT2D eigenvalue weighted by molar-refractivity contribution is 0.517. The first-order chi connectivity index (χ1) is 9.69. The summed E-state index contributed by atoms with van der Waals surface area (Å²) >= 11 is 0. The molecule has 2 nitrogen and oxygen atoms in total. The van der Waals surface area contributed by atoms with Crippen LogP contribution in [-0.2, 0) is 12.8 Å². The molecule has 2 rings (SSSR count). The van der Waals surface area contributed by atoms with Gasteiger partial charge in [-0.1, -0.05) is 12.1 Å². The number of nitrogens with zero attached hydrogens (tertiary/aromatic N) is 1. The monoisotopic (exact) mass is 272 g/mol. The number of hydrogen-bond donors (Lipinski definition) is 1. The van der Waals surface area contributed by atoms with Crippen molar-refractivity contribution in [3.63, 3.8) is 0 Å². The van der Waals surface area contributed by atoms with E-state index >= 15 is 0 Å². The highest BCUT2D eigenvalue weighted by molar-refractivity contribution is 5.27. The van der Waals surface area contributed by atoms with Crippen LogP contribution in [0.25, 0.3) is 0 Å². The molecule has 0 aliphatic heterocycles. The Hall–Kier alpha value is -1.74. The molecular formula is C17H21FN2. The number of pyridine rings is 1. The van der Waals surface area contributed by atoms with Gasteiger partial charge in [-0.2, -0.15) is 0 Å². The molecule has 1 heterocycles. The number of hydrogen-bond acceptors (Lipinski definition) is 2. The second-order valence-corrected chi connectivity index (χ2v) is 5.16. The SMILES string of the molecule is CNC(CCc1cccnc1)Cc1cc(F)ccc1C. The molecule has 20 heavy (non-hydrogen) atoms. The number of benzene rings is 1. The number of halogens is 1. The predicted octanol–water partition coefficient (Wildman–Crippen LogP) is 3.29.